The van der Waals surface area contributed by atoms with Crippen LogP contribution in [0.2, 0.25) is 0 Å². The normalized spacial score (nSPS) is 59.5. The second kappa shape index (κ2) is 7.60. The summed E-state index contributed by atoms with van der Waals surface area (Å²) in [5.74, 6) is 0.165. The van der Waals surface area contributed by atoms with E-state index in [-0.39, 0.29) is 58.9 Å². The summed E-state index contributed by atoms with van der Waals surface area (Å²) in [5.41, 5.74) is -3.38. The number of hydrogen-bond acceptors (Lipinski definition) is 8. The van der Waals surface area contributed by atoms with Crippen molar-refractivity contribution in [1.29, 1.82) is 0 Å². The first-order chi connectivity index (χ1) is 16.3. The number of nitrogens with zero attached hydrogens (tertiary/aromatic N) is 1. The molecule has 1 spiro atoms. The zero-order chi connectivity index (χ0) is 24.3. The summed E-state index contributed by atoms with van der Waals surface area (Å²) in [6.45, 7) is 4.41. The van der Waals surface area contributed by atoms with E-state index < -0.39 is 17.3 Å². The number of fused-ring (bicyclic) bond motifs is 2. The Morgan fingerprint density at radius 1 is 1.00 bits per heavy atom. The largest absolute Gasteiger partial charge is 0.386 e. The Morgan fingerprint density at radius 3 is 2.35 bits per heavy atom. The molecule has 0 amide bonds. The summed E-state index contributed by atoms with van der Waals surface area (Å²) < 4.78 is 30.7. The molecule has 8 heteroatoms. The Balaban J connectivity index is 1.67. The van der Waals surface area contributed by atoms with Crippen molar-refractivity contribution in [3.05, 3.63) is 0 Å². The van der Waals surface area contributed by atoms with Crippen molar-refractivity contribution >= 4 is 0 Å². The predicted molar refractivity (Wildman–Crippen MR) is 123 cm³/mol. The van der Waals surface area contributed by atoms with E-state index in [1.165, 1.54) is 0 Å². The van der Waals surface area contributed by atoms with Gasteiger partial charge in [0.15, 0.2) is 0 Å². The van der Waals surface area contributed by atoms with Crippen LogP contribution in [0.5, 0.6) is 0 Å². The van der Waals surface area contributed by atoms with Gasteiger partial charge in [0.05, 0.1) is 37.1 Å². The second-order valence-electron chi connectivity index (χ2n) is 12.1. The van der Waals surface area contributed by atoms with Gasteiger partial charge in [0.2, 0.25) is 0 Å². The van der Waals surface area contributed by atoms with Crippen molar-refractivity contribution in [1.82, 2.24) is 4.90 Å². The molecule has 34 heavy (non-hydrogen) atoms. The Hall–Kier alpha value is -0.320. The minimum atomic E-state index is -1.47. The number of piperidine rings is 1. The van der Waals surface area contributed by atoms with Gasteiger partial charge < -0.3 is 33.9 Å². The molecular weight excluding hydrogens is 438 g/mol. The van der Waals surface area contributed by atoms with E-state index in [2.05, 4.69) is 11.8 Å². The van der Waals surface area contributed by atoms with Gasteiger partial charge in [-0.2, -0.15) is 0 Å². The highest BCUT2D eigenvalue weighted by molar-refractivity contribution is 5.41. The first-order valence-corrected chi connectivity index (χ1v) is 13.1. The van der Waals surface area contributed by atoms with Gasteiger partial charge in [0, 0.05) is 77.1 Å². The van der Waals surface area contributed by atoms with E-state index >= 15 is 0 Å². The number of aliphatic hydroxyl groups is 2. The van der Waals surface area contributed by atoms with E-state index in [0.717, 1.165) is 32.4 Å². The molecule has 6 fully saturated rings. The van der Waals surface area contributed by atoms with Gasteiger partial charge in [-0.3, -0.25) is 4.90 Å². The highest BCUT2D eigenvalue weighted by atomic mass is 16.5. The van der Waals surface area contributed by atoms with Crippen LogP contribution < -0.4 is 0 Å². The summed E-state index contributed by atoms with van der Waals surface area (Å²) >= 11 is 0. The van der Waals surface area contributed by atoms with Gasteiger partial charge in [0.1, 0.15) is 11.2 Å². The number of likely N-dealkylation sites (tertiary alicyclic amines) is 1. The lowest BCUT2D eigenvalue weighted by Gasteiger charge is -2.70. The Bertz CT molecular complexity index is 829. The molecule has 1 unspecified atom stereocenters. The lowest BCUT2D eigenvalue weighted by molar-refractivity contribution is -0.320. The molecule has 1 saturated heterocycles. The molecule has 6 rings (SSSR count). The zero-order valence-corrected chi connectivity index (χ0v) is 21.5. The van der Waals surface area contributed by atoms with Crippen LogP contribution in [0.3, 0.4) is 0 Å². The highest BCUT2D eigenvalue weighted by Gasteiger charge is 2.91. The minimum Gasteiger partial charge on any atom is -0.386 e. The first-order valence-electron chi connectivity index (χ1n) is 13.1. The van der Waals surface area contributed by atoms with Crippen LogP contribution in [0.15, 0.2) is 0 Å². The lowest BCUT2D eigenvalue weighted by atomic mass is 9.42. The molecule has 6 aliphatic rings. The summed E-state index contributed by atoms with van der Waals surface area (Å²) in [6, 6.07) is -0.256. The molecule has 0 aromatic rings. The average molecular weight is 482 g/mol. The zero-order valence-electron chi connectivity index (χ0n) is 21.5. The molecule has 5 saturated carbocycles. The standard InChI is InChI=1S/C26H43NO7/c1-7-27-12-23(13-30-2)9-8-17(32-4)25-15-10-14-16(31-3)11-24(28,18(15)19(14)33-5)26(29,22(25)27)21(34-6)20(23)25/h14-22,28-29H,7-13H2,1-6H3/t14-,15-,16+,17+,18-,19+,20-,21-,22?,23+,24-,25+,26-/m1/s1. The van der Waals surface area contributed by atoms with Crippen LogP contribution in [-0.2, 0) is 23.7 Å². The monoisotopic (exact) mass is 481 g/mol. The summed E-state index contributed by atoms with van der Waals surface area (Å²) in [5, 5.41) is 25.9. The maximum absolute atomic E-state index is 13.1. The molecule has 0 radical (unpaired) electrons. The highest BCUT2D eigenvalue weighted by Crippen LogP contribution is 2.80. The molecule has 8 nitrogen and oxygen atoms in total. The molecule has 0 aromatic carbocycles. The van der Waals surface area contributed by atoms with Crippen LogP contribution in [0, 0.1) is 34.5 Å². The second-order valence-corrected chi connectivity index (χ2v) is 12.1. The van der Waals surface area contributed by atoms with E-state index in [1.54, 1.807) is 28.4 Å². The van der Waals surface area contributed by atoms with Crippen LogP contribution in [0.4, 0.5) is 0 Å². The van der Waals surface area contributed by atoms with Crippen molar-refractivity contribution in [2.24, 2.45) is 34.5 Å². The fourth-order valence-corrected chi connectivity index (χ4v) is 11.3. The molecule has 2 N–H and O–H groups in total. The van der Waals surface area contributed by atoms with Crippen molar-refractivity contribution in [3.8, 4) is 0 Å². The molecule has 1 aliphatic heterocycles. The maximum Gasteiger partial charge on any atom is 0.136 e. The van der Waals surface area contributed by atoms with Crippen molar-refractivity contribution in [2.45, 2.75) is 74.3 Å². The van der Waals surface area contributed by atoms with Crippen LogP contribution in [0.25, 0.3) is 0 Å². The Kier molecular flexibility index (Phi) is 5.38. The Labute approximate surface area is 203 Å². The third kappa shape index (κ3) is 2.27. The third-order valence-corrected chi connectivity index (χ3v) is 11.7. The van der Waals surface area contributed by atoms with Gasteiger partial charge in [-0.05, 0) is 31.7 Å². The molecule has 7 bridgehead atoms. The molecule has 0 aromatic heterocycles. The Morgan fingerprint density at radius 2 is 1.76 bits per heavy atom. The predicted octanol–water partition coefficient (Wildman–Crippen LogP) is 0.925. The molecule has 194 valence electrons. The van der Waals surface area contributed by atoms with Crippen molar-refractivity contribution in [2.75, 3.05) is 55.2 Å². The number of ether oxygens (including phenoxy) is 5. The molecule has 5 aliphatic carbocycles. The first kappa shape index (κ1) is 24.0. The van der Waals surface area contributed by atoms with Gasteiger partial charge in [-0.25, -0.2) is 0 Å². The van der Waals surface area contributed by atoms with E-state index in [9.17, 15) is 10.2 Å². The van der Waals surface area contributed by atoms with Gasteiger partial charge in [-0.15, -0.1) is 0 Å². The van der Waals surface area contributed by atoms with Crippen molar-refractivity contribution < 1.29 is 33.9 Å². The van der Waals surface area contributed by atoms with Gasteiger partial charge in [0.25, 0.3) is 0 Å². The summed E-state index contributed by atoms with van der Waals surface area (Å²) in [7, 11) is 8.77. The summed E-state index contributed by atoms with van der Waals surface area (Å²) in [6.07, 6.45) is 2.30. The van der Waals surface area contributed by atoms with E-state index in [1.807, 2.05) is 7.11 Å². The maximum atomic E-state index is 13.1. The quantitative estimate of drug-likeness (QED) is 0.555. The lowest BCUT2D eigenvalue weighted by Crippen LogP contribution is -2.82. The number of methoxy groups -OCH3 is 5. The molecule has 1 heterocycles. The number of hydrogen-bond donors (Lipinski definition) is 2. The van der Waals surface area contributed by atoms with Gasteiger partial charge in [-0.1, -0.05) is 6.92 Å². The third-order valence-electron chi connectivity index (χ3n) is 11.7. The van der Waals surface area contributed by atoms with Crippen LogP contribution in [0.1, 0.15) is 32.6 Å². The number of rotatable bonds is 7. The fraction of sp³-hybridized carbons (Fsp3) is 1.00. The summed E-state index contributed by atoms with van der Waals surface area (Å²) in [4.78, 5) is 2.43. The van der Waals surface area contributed by atoms with Gasteiger partial charge >= 0.3 is 0 Å². The molecular formula is C26H43NO7. The fourth-order valence-electron chi connectivity index (χ4n) is 11.3. The smallest absolute Gasteiger partial charge is 0.136 e. The average Bonchev–Trinajstić information content (AvgIpc) is 3.25. The van der Waals surface area contributed by atoms with E-state index in [4.69, 9.17) is 23.7 Å². The minimum absolute atomic E-state index is 0.0262. The van der Waals surface area contributed by atoms with Crippen LogP contribution in [-0.4, -0.2) is 112 Å². The SMILES string of the molecule is CCN1C[C@]2(COC)CC[C@H](OC)[C@]34C1[C@](O)([C@H](OC)[C@H]23)[C@@]1(O)C[C@H](OC)[C@H]2C[C@@H]4[C@@H]1[C@H]2OC. The van der Waals surface area contributed by atoms with Crippen molar-refractivity contribution in [3.63, 3.8) is 0 Å². The number of likely N-dealkylation sites (N-methyl/N-ethyl adjacent to an activating group) is 1. The van der Waals surface area contributed by atoms with E-state index in [0.29, 0.717) is 13.0 Å². The van der Waals surface area contributed by atoms with Crippen LogP contribution >= 0.6 is 0 Å². The topological polar surface area (TPSA) is 89.9 Å². The molecule has 13 atom stereocenters.